The van der Waals surface area contributed by atoms with Gasteiger partial charge in [0.1, 0.15) is 9.71 Å². The summed E-state index contributed by atoms with van der Waals surface area (Å²) >= 11 is 1.37. The maximum absolute atomic E-state index is 12.8. The molecular weight excluding hydrogens is 322 g/mol. The van der Waals surface area contributed by atoms with Crippen molar-refractivity contribution in [3.8, 4) is 0 Å². The third kappa shape index (κ3) is 3.26. The van der Waals surface area contributed by atoms with Crippen molar-refractivity contribution >= 4 is 33.1 Å². The number of hydrogen-bond acceptors (Lipinski definition) is 5. The van der Waals surface area contributed by atoms with Crippen LogP contribution in [0.1, 0.15) is 53.5 Å². The molecule has 2 heterocycles. The van der Waals surface area contributed by atoms with Crippen molar-refractivity contribution in [2.24, 2.45) is 5.92 Å². The van der Waals surface area contributed by atoms with Crippen LogP contribution in [0, 0.1) is 12.8 Å². The van der Waals surface area contributed by atoms with Gasteiger partial charge in [0.05, 0.1) is 12.3 Å². The third-order valence-corrected chi connectivity index (χ3v) is 5.94. The van der Waals surface area contributed by atoms with Crippen LogP contribution in [0.2, 0.25) is 0 Å². The Kier molecular flexibility index (Phi) is 5.06. The van der Waals surface area contributed by atoms with Crippen LogP contribution in [0.25, 0.3) is 10.2 Å². The van der Waals surface area contributed by atoms with E-state index in [0.29, 0.717) is 23.1 Å². The molecule has 0 aliphatic heterocycles. The van der Waals surface area contributed by atoms with Gasteiger partial charge in [0.15, 0.2) is 0 Å². The number of nitrogens with two attached hydrogens (primary N) is 1. The Morgan fingerprint density at radius 2 is 2.21 bits per heavy atom. The molecule has 5 nitrogen and oxygen atoms in total. The maximum Gasteiger partial charge on any atom is 0.263 e. The molecule has 6 heteroatoms. The topological polar surface area (TPSA) is 77.2 Å². The molecule has 1 aliphatic rings. The van der Waals surface area contributed by atoms with Gasteiger partial charge in [-0.2, -0.15) is 0 Å². The van der Waals surface area contributed by atoms with Gasteiger partial charge < -0.3 is 15.8 Å². The minimum absolute atomic E-state index is 0.0738. The predicted octanol–water partition coefficient (Wildman–Crippen LogP) is 3.64. The van der Waals surface area contributed by atoms with Gasteiger partial charge in [0.25, 0.3) is 5.91 Å². The first-order chi connectivity index (χ1) is 11.5. The van der Waals surface area contributed by atoms with Crippen molar-refractivity contribution in [3.05, 3.63) is 22.2 Å². The Hall–Kier alpha value is -1.66. The Balaban J connectivity index is 1.93. The molecule has 24 heavy (non-hydrogen) atoms. The summed E-state index contributed by atoms with van der Waals surface area (Å²) in [5.41, 5.74) is 8.73. The number of amides is 1. The SMILES string of the molecule is COCc1cc(C)nc2sc(C(=O)N[C@@H]3CCCC[C@@H]3C)c(N)c12. The zero-order valence-electron chi connectivity index (χ0n) is 14.5. The number of carbonyl (C=O) groups excluding carboxylic acids is 1. The van der Waals surface area contributed by atoms with Crippen LogP contribution in [0.3, 0.4) is 0 Å². The standard InChI is InChI=1S/C18H25N3O2S/c1-10-6-4-5-7-13(10)21-17(22)16-15(19)14-12(9-23-3)8-11(2)20-18(14)24-16/h8,10,13H,4-7,9,19H2,1-3H3,(H,21,22)/t10-,13+/m0/s1. The van der Waals surface area contributed by atoms with E-state index in [1.807, 2.05) is 13.0 Å². The van der Waals surface area contributed by atoms with Crippen LogP contribution >= 0.6 is 11.3 Å². The van der Waals surface area contributed by atoms with Crippen molar-refractivity contribution < 1.29 is 9.53 Å². The lowest BCUT2D eigenvalue weighted by atomic mass is 9.86. The fourth-order valence-electron chi connectivity index (χ4n) is 3.54. The number of carbonyl (C=O) groups is 1. The quantitative estimate of drug-likeness (QED) is 0.885. The number of nitrogen functional groups attached to an aromatic ring is 1. The van der Waals surface area contributed by atoms with Crippen LogP contribution in [-0.2, 0) is 11.3 Å². The zero-order valence-corrected chi connectivity index (χ0v) is 15.3. The summed E-state index contributed by atoms with van der Waals surface area (Å²) in [6.45, 7) is 4.61. The Labute approximate surface area is 146 Å². The highest BCUT2D eigenvalue weighted by Crippen LogP contribution is 2.36. The molecule has 2 aromatic heterocycles. The molecule has 0 spiro atoms. The Bertz CT molecular complexity index is 756. The molecule has 0 radical (unpaired) electrons. The second-order valence-electron chi connectivity index (χ2n) is 6.72. The van der Waals surface area contributed by atoms with E-state index < -0.39 is 0 Å². The molecule has 0 bridgehead atoms. The normalized spacial score (nSPS) is 21.1. The molecule has 1 amide bonds. The number of aromatic nitrogens is 1. The lowest BCUT2D eigenvalue weighted by Crippen LogP contribution is -2.40. The summed E-state index contributed by atoms with van der Waals surface area (Å²) in [6.07, 6.45) is 4.65. The van der Waals surface area contributed by atoms with Crippen LogP contribution in [0.15, 0.2) is 6.07 Å². The van der Waals surface area contributed by atoms with Gasteiger partial charge >= 0.3 is 0 Å². The summed E-state index contributed by atoms with van der Waals surface area (Å²) in [6, 6.07) is 2.21. The zero-order chi connectivity index (χ0) is 17.3. The first-order valence-corrected chi connectivity index (χ1v) is 9.31. The predicted molar refractivity (Wildman–Crippen MR) is 98.4 cm³/mol. The van der Waals surface area contributed by atoms with Gasteiger partial charge in [-0.1, -0.05) is 19.8 Å². The molecule has 2 aromatic rings. The van der Waals surface area contributed by atoms with Gasteiger partial charge in [0.2, 0.25) is 0 Å². The van der Waals surface area contributed by atoms with E-state index in [-0.39, 0.29) is 11.9 Å². The van der Waals surface area contributed by atoms with Crippen LogP contribution < -0.4 is 11.1 Å². The number of thiophene rings is 1. The molecule has 1 aliphatic carbocycles. The highest BCUT2D eigenvalue weighted by atomic mass is 32.1. The fourth-order valence-corrected chi connectivity index (χ4v) is 4.63. The van der Waals surface area contributed by atoms with Crippen LogP contribution in [-0.4, -0.2) is 24.0 Å². The molecule has 1 saturated carbocycles. The van der Waals surface area contributed by atoms with Crippen LogP contribution in [0.5, 0.6) is 0 Å². The average Bonchev–Trinajstić information content (AvgIpc) is 2.86. The lowest BCUT2D eigenvalue weighted by Gasteiger charge is -2.29. The van der Waals surface area contributed by atoms with E-state index in [4.69, 9.17) is 10.5 Å². The number of nitrogens with one attached hydrogen (secondary N) is 1. The number of pyridine rings is 1. The van der Waals surface area contributed by atoms with Gasteiger partial charge in [-0.25, -0.2) is 4.98 Å². The number of methoxy groups -OCH3 is 1. The van der Waals surface area contributed by atoms with E-state index in [9.17, 15) is 4.79 Å². The van der Waals surface area contributed by atoms with Gasteiger partial charge in [0, 0.05) is 24.2 Å². The number of hydrogen-bond donors (Lipinski definition) is 2. The fraction of sp³-hybridized carbons (Fsp3) is 0.556. The van der Waals surface area contributed by atoms with E-state index in [0.717, 1.165) is 27.9 Å². The van der Waals surface area contributed by atoms with E-state index in [2.05, 4.69) is 17.2 Å². The summed E-state index contributed by atoms with van der Waals surface area (Å²) in [4.78, 5) is 18.7. The monoisotopic (exact) mass is 347 g/mol. The molecule has 0 saturated heterocycles. The van der Waals surface area contributed by atoms with Gasteiger partial charge in [-0.15, -0.1) is 11.3 Å². The van der Waals surface area contributed by atoms with Gasteiger partial charge in [-0.3, -0.25) is 4.79 Å². The number of anilines is 1. The third-order valence-electron chi connectivity index (χ3n) is 4.84. The molecule has 2 atom stereocenters. The molecule has 3 rings (SSSR count). The summed E-state index contributed by atoms with van der Waals surface area (Å²) in [7, 11) is 1.65. The number of rotatable bonds is 4. The minimum Gasteiger partial charge on any atom is -0.397 e. The minimum atomic E-state index is -0.0738. The van der Waals surface area contributed by atoms with Gasteiger partial charge in [-0.05, 0) is 37.3 Å². The van der Waals surface area contributed by atoms with Crippen molar-refractivity contribution in [1.29, 1.82) is 0 Å². The first-order valence-electron chi connectivity index (χ1n) is 8.49. The van der Waals surface area contributed by atoms with Crippen molar-refractivity contribution in [3.63, 3.8) is 0 Å². The molecule has 0 aromatic carbocycles. The highest BCUT2D eigenvalue weighted by molar-refractivity contribution is 7.21. The Morgan fingerprint density at radius 1 is 1.46 bits per heavy atom. The number of ether oxygens (including phenoxy) is 1. The van der Waals surface area contributed by atoms with Crippen molar-refractivity contribution in [2.45, 2.75) is 52.2 Å². The number of nitrogens with zero attached hydrogens (tertiary/aromatic N) is 1. The number of fused-ring (bicyclic) bond motifs is 1. The van der Waals surface area contributed by atoms with Crippen molar-refractivity contribution in [1.82, 2.24) is 10.3 Å². The average molecular weight is 347 g/mol. The lowest BCUT2D eigenvalue weighted by molar-refractivity contribution is 0.0915. The summed E-state index contributed by atoms with van der Waals surface area (Å²) in [5, 5.41) is 4.04. The molecular formula is C18H25N3O2S. The highest BCUT2D eigenvalue weighted by Gasteiger charge is 2.26. The second-order valence-corrected chi connectivity index (χ2v) is 7.72. The number of aryl methyl sites for hydroxylation is 1. The smallest absolute Gasteiger partial charge is 0.263 e. The Morgan fingerprint density at radius 3 is 2.92 bits per heavy atom. The molecule has 130 valence electrons. The first kappa shape index (κ1) is 17.2. The van der Waals surface area contributed by atoms with E-state index in [1.54, 1.807) is 7.11 Å². The van der Waals surface area contributed by atoms with Crippen molar-refractivity contribution in [2.75, 3.05) is 12.8 Å². The van der Waals surface area contributed by atoms with Crippen LogP contribution in [0.4, 0.5) is 5.69 Å². The van der Waals surface area contributed by atoms with E-state index in [1.165, 1.54) is 30.6 Å². The molecule has 0 unspecified atom stereocenters. The molecule has 1 fully saturated rings. The summed E-state index contributed by atoms with van der Waals surface area (Å²) in [5.74, 6) is 0.443. The maximum atomic E-state index is 12.8. The summed E-state index contributed by atoms with van der Waals surface area (Å²) < 4.78 is 5.27. The van der Waals surface area contributed by atoms with E-state index >= 15 is 0 Å². The largest absolute Gasteiger partial charge is 0.397 e. The molecule has 3 N–H and O–H groups in total. The second kappa shape index (κ2) is 7.07.